The number of esters is 4. The highest BCUT2D eigenvalue weighted by molar-refractivity contribution is 7.27. The summed E-state index contributed by atoms with van der Waals surface area (Å²) in [7, 11) is 0. The third-order valence-electron chi connectivity index (χ3n) is 12.0. The second kappa shape index (κ2) is 24.8. The van der Waals surface area contributed by atoms with Crippen molar-refractivity contribution in [2.45, 2.75) is 108 Å². The minimum Gasteiger partial charge on any atom is -0.466 e. The van der Waals surface area contributed by atoms with Crippen LogP contribution in [0.1, 0.15) is 101 Å². The molecule has 5 aromatic heterocycles. The zero-order valence-electron chi connectivity index (χ0n) is 38.1. The van der Waals surface area contributed by atoms with Crippen molar-refractivity contribution < 1.29 is 38.1 Å². The highest BCUT2D eigenvalue weighted by Crippen LogP contribution is 2.60. The third-order valence-corrected chi connectivity index (χ3v) is 17.0. The van der Waals surface area contributed by atoms with E-state index < -0.39 is 36.1 Å². The number of carbonyl (C=O) groups excluding carboxylic acids is 4. The Morgan fingerprint density at radius 2 is 1.09 bits per heavy atom. The number of nitrogens with zero attached hydrogens (tertiary/aromatic N) is 2. The number of fused-ring (bicyclic) bond motifs is 4. The largest absolute Gasteiger partial charge is 0.466 e. The van der Waals surface area contributed by atoms with Gasteiger partial charge in [0.05, 0.1) is 50.6 Å². The van der Waals surface area contributed by atoms with Crippen molar-refractivity contribution in [3.8, 4) is 40.4 Å². The van der Waals surface area contributed by atoms with Gasteiger partial charge in [0.25, 0.3) is 0 Å². The van der Waals surface area contributed by atoms with Gasteiger partial charge in [0.15, 0.2) is 0 Å². The van der Waals surface area contributed by atoms with E-state index in [9.17, 15) is 19.2 Å². The van der Waals surface area contributed by atoms with Gasteiger partial charge in [-0.3, -0.25) is 19.2 Å². The second-order valence-corrected chi connectivity index (χ2v) is 21.0. The van der Waals surface area contributed by atoms with Crippen LogP contribution in [0.25, 0.3) is 51.4 Å². The van der Waals surface area contributed by atoms with E-state index in [-0.39, 0.29) is 31.1 Å². The van der Waals surface area contributed by atoms with Crippen LogP contribution in [0.4, 0.5) is 0 Å². The van der Waals surface area contributed by atoms with Gasteiger partial charge in [-0.15, -0.1) is 45.3 Å². The molecule has 1 aromatic carbocycles. The van der Waals surface area contributed by atoms with E-state index in [1.807, 2.05) is 22.7 Å². The Morgan fingerprint density at radius 3 is 1.65 bits per heavy atom. The van der Waals surface area contributed by atoms with Crippen LogP contribution >= 0.6 is 57.1 Å². The summed E-state index contributed by atoms with van der Waals surface area (Å²) in [6.45, 7) is 15.1. The van der Waals surface area contributed by atoms with Gasteiger partial charge in [0, 0.05) is 45.8 Å². The van der Waals surface area contributed by atoms with Crippen LogP contribution in [0.5, 0.6) is 0 Å². The number of hydrogen-bond donors (Lipinski definition) is 0. The molecule has 0 saturated heterocycles. The fourth-order valence-corrected chi connectivity index (χ4v) is 13.4. The maximum absolute atomic E-state index is 12.4. The minimum atomic E-state index is -0.578. The molecule has 0 N–H and O–H groups in total. The number of ether oxygens (including phenoxy) is 4. The molecule has 1 aliphatic rings. The SMILES string of the molecule is C=CC(C=C)OC(=O)CCC(=O)OCCCCCCC1(CCCCCCOC(=O)CCC(=O)OC(C=C)C=C)c2ccsc2-c2sc(-c3ccc(-c4ccc(-c5cccs5)c5nsnc45)s3)cc21. The Balaban J connectivity index is 0.985. The van der Waals surface area contributed by atoms with Crippen LogP contribution in [0.2, 0.25) is 0 Å². The lowest BCUT2D eigenvalue weighted by molar-refractivity contribution is -0.151. The molecule has 0 bridgehead atoms. The summed E-state index contributed by atoms with van der Waals surface area (Å²) < 4.78 is 30.7. The van der Waals surface area contributed by atoms with Gasteiger partial charge in [-0.25, -0.2) is 0 Å². The lowest BCUT2D eigenvalue weighted by atomic mass is 9.71. The molecule has 68 heavy (non-hydrogen) atoms. The standard InChI is InChI=1S/C53H56N2O8S5/c1-5-35(6-2)62-47(58)25-23-45(56)60-30-15-11-9-13-28-53(29-14-10-12-16-31-61-46(57)24-26-48(59)63-36(7-3)8-4)39-27-33-65-51(39)52-40(53)34-44(67-52)43-22-21-42(66-43)38-20-19-37(41-18-17-32-64-41)49-50(38)55-68-54-49/h5-8,17-22,27,32-36H,1-4,9-16,23-26,28-31H2. The average molecular weight is 1010 g/mol. The number of thiophene rings is 4. The van der Waals surface area contributed by atoms with Crippen LogP contribution in [0, 0.1) is 0 Å². The van der Waals surface area contributed by atoms with Gasteiger partial charge in [-0.2, -0.15) is 8.75 Å². The Hall–Kier alpha value is -5.32. The third kappa shape index (κ3) is 12.5. The molecule has 1 aliphatic carbocycles. The van der Waals surface area contributed by atoms with Crippen LogP contribution in [-0.2, 0) is 43.5 Å². The van der Waals surface area contributed by atoms with Crippen LogP contribution < -0.4 is 0 Å². The molecule has 356 valence electrons. The Kier molecular flexibility index (Phi) is 18.4. The highest BCUT2D eigenvalue weighted by Gasteiger charge is 2.44. The Labute approximate surface area is 418 Å². The summed E-state index contributed by atoms with van der Waals surface area (Å²) in [6, 6.07) is 17.8. The molecular formula is C53H56N2O8S5. The van der Waals surface area contributed by atoms with E-state index in [1.54, 1.807) is 22.7 Å². The number of hydrogen-bond acceptors (Lipinski definition) is 15. The Morgan fingerprint density at radius 1 is 0.544 bits per heavy atom. The number of benzene rings is 1. The molecule has 0 saturated carbocycles. The number of aromatic nitrogens is 2. The van der Waals surface area contributed by atoms with Crippen molar-refractivity contribution in [2.75, 3.05) is 13.2 Å². The average Bonchev–Trinajstić information content (AvgIpc) is 4.22. The number of unbranched alkanes of at least 4 members (excludes halogenated alkanes) is 6. The van der Waals surface area contributed by atoms with Crippen molar-refractivity contribution in [1.29, 1.82) is 0 Å². The van der Waals surface area contributed by atoms with Crippen LogP contribution in [0.15, 0.2) is 110 Å². The molecule has 5 heterocycles. The molecule has 6 aromatic rings. The van der Waals surface area contributed by atoms with Crippen molar-refractivity contribution in [1.82, 2.24) is 8.75 Å². The molecule has 0 amide bonds. The first kappa shape index (κ1) is 50.6. The summed E-state index contributed by atoms with van der Waals surface area (Å²) in [6.07, 6.45) is 13.9. The lowest BCUT2D eigenvalue weighted by Gasteiger charge is -2.31. The van der Waals surface area contributed by atoms with Crippen molar-refractivity contribution in [3.05, 3.63) is 121 Å². The van der Waals surface area contributed by atoms with Crippen LogP contribution in [0.3, 0.4) is 0 Å². The monoisotopic (exact) mass is 1010 g/mol. The quantitative estimate of drug-likeness (QED) is 0.0194. The fraction of sp³-hybridized carbons (Fsp3) is 0.358. The molecule has 0 aliphatic heterocycles. The molecule has 0 spiro atoms. The van der Waals surface area contributed by atoms with E-state index in [1.165, 1.54) is 76.4 Å². The fourth-order valence-electron chi connectivity index (χ4n) is 8.51. The van der Waals surface area contributed by atoms with Crippen LogP contribution in [-0.4, -0.2) is 58.0 Å². The van der Waals surface area contributed by atoms with Crippen molar-refractivity contribution >= 4 is 92.0 Å². The predicted molar refractivity (Wildman–Crippen MR) is 279 cm³/mol. The topological polar surface area (TPSA) is 131 Å². The normalized spacial score (nSPS) is 12.4. The summed E-state index contributed by atoms with van der Waals surface area (Å²) >= 11 is 8.48. The van der Waals surface area contributed by atoms with Gasteiger partial charge in [0.1, 0.15) is 23.2 Å². The maximum Gasteiger partial charge on any atom is 0.307 e. The lowest BCUT2D eigenvalue weighted by Crippen LogP contribution is -2.25. The molecule has 0 atom stereocenters. The first-order valence-electron chi connectivity index (χ1n) is 23.0. The summed E-state index contributed by atoms with van der Waals surface area (Å²) in [4.78, 5) is 56.4. The summed E-state index contributed by atoms with van der Waals surface area (Å²) in [5.41, 5.74) is 6.81. The molecule has 10 nitrogen and oxygen atoms in total. The predicted octanol–water partition coefficient (Wildman–Crippen LogP) is 14.3. The van der Waals surface area contributed by atoms with E-state index in [2.05, 4.69) is 85.6 Å². The van der Waals surface area contributed by atoms with Crippen molar-refractivity contribution in [3.63, 3.8) is 0 Å². The second-order valence-electron chi connectivity index (χ2n) is 16.5. The molecule has 0 radical (unpaired) electrons. The van der Waals surface area contributed by atoms with Crippen molar-refractivity contribution in [2.24, 2.45) is 0 Å². The molecule has 0 unspecified atom stereocenters. The first-order valence-corrected chi connectivity index (χ1v) is 27.1. The van der Waals surface area contributed by atoms with Gasteiger partial charge < -0.3 is 18.9 Å². The van der Waals surface area contributed by atoms with Gasteiger partial charge >= 0.3 is 23.9 Å². The summed E-state index contributed by atoms with van der Waals surface area (Å²) in [5, 5.41) is 4.32. The van der Waals surface area contributed by atoms with Gasteiger partial charge in [-0.05, 0) is 102 Å². The van der Waals surface area contributed by atoms with E-state index in [0.717, 1.165) is 86.4 Å². The molecule has 15 heteroatoms. The zero-order valence-corrected chi connectivity index (χ0v) is 42.2. The summed E-state index contributed by atoms with van der Waals surface area (Å²) in [5.74, 6) is -1.80. The minimum absolute atomic E-state index is 0.0316. The van der Waals surface area contributed by atoms with Gasteiger partial charge in [0.2, 0.25) is 0 Å². The van der Waals surface area contributed by atoms with E-state index in [0.29, 0.717) is 13.2 Å². The smallest absolute Gasteiger partial charge is 0.307 e. The molecular weight excluding hydrogens is 953 g/mol. The molecule has 7 rings (SSSR count). The maximum atomic E-state index is 12.4. The zero-order chi connectivity index (χ0) is 47.9. The highest BCUT2D eigenvalue weighted by atomic mass is 32.1. The van der Waals surface area contributed by atoms with Gasteiger partial charge in [-0.1, -0.05) is 83.0 Å². The Bertz CT molecular complexity index is 2620. The first-order chi connectivity index (χ1) is 33.2. The molecule has 0 fully saturated rings. The number of carbonyl (C=O) groups is 4. The van der Waals surface area contributed by atoms with E-state index >= 15 is 0 Å². The van der Waals surface area contributed by atoms with E-state index in [4.69, 9.17) is 27.7 Å². The number of rotatable bonds is 29.